The number of nitrogens with one attached hydrogen (secondary N) is 2. The Balaban J connectivity index is 1.61. The molecular weight excluding hydrogens is 394 g/mol. The second-order valence-electron chi connectivity index (χ2n) is 8.34. The van der Waals surface area contributed by atoms with Crippen LogP contribution >= 0.6 is 0 Å². The highest BCUT2D eigenvalue weighted by atomic mass is 16.5. The Hall–Kier alpha value is -2.16. The standard InChI is InChI=1S/C23H37N5O3/c1-4-24-23(28-12-14-31-21(17-28)20-9-6-13-30-20)26-16-18-7-5-8-19(15-18)22(29)25-10-11-27(2)3/h5,7-8,15,20-21H,4,6,9-14,16-17H2,1-3H3,(H,24,26)(H,25,29). The molecule has 1 aromatic rings. The van der Waals surface area contributed by atoms with Crippen LogP contribution in [0.1, 0.15) is 35.7 Å². The molecule has 0 spiro atoms. The molecule has 2 aliphatic heterocycles. The monoisotopic (exact) mass is 431 g/mol. The molecule has 0 aromatic heterocycles. The van der Waals surface area contributed by atoms with Crippen LogP contribution in [0.2, 0.25) is 0 Å². The van der Waals surface area contributed by atoms with Crippen molar-refractivity contribution in [3.8, 4) is 0 Å². The third-order valence-corrected chi connectivity index (χ3v) is 5.55. The van der Waals surface area contributed by atoms with E-state index in [1.807, 2.05) is 43.3 Å². The summed E-state index contributed by atoms with van der Waals surface area (Å²) >= 11 is 0. The van der Waals surface area contributed by atoms with Gasteiger partial charge < -0.3 is 29.9 Å². The van der Waals surface area contributed by atoms with Crippen LogP contribution < -0.4 is 10.6 Å². The molecule has 0 radical (unpaired) electrons. The van der Waals surface area contributed by atoms with E-state index in [2.05, 4.69) is 22.5 Å². The predicted octanol–water partition coefficient (Wildman–Crippen LogP) is 1.32. The molecule has 2 aliphatic rings. The number of morpholine rings is 1. The lowest BCUT2D eigenvalue weighted by Crippen LogP contribution is -2.53. The van der Waals surface area contributed by atoms with Crippen molar-refractivity contribution in [1.82, 2.24) is 20.4 Å². The van der Waals surface area contributed by atoms with Gasteiger partial charge in [-0.05, 0) is 51.6 Å². The number of guanidine groups is 1. The first-order valence-electron chi connectivity index (χ1n) is 11.3. The van der Waals surface area contributed by atoms with E-state index in [4.69, 9.17) is 14.5 Å². The quantitative estimate of drug-likeness (QED) is 0.478. The maximum absolute atomic E-state index is 12.4. The lowest BCUT2D eigenvalue weighted by Gasteiger charge is -2.37. The first kappa shape index (κ1) is 23.5. The fourth-order valence-corrected chi connectivity index (χ4v) is 3.89. The first-order valence-corrected chi connectivity index (χ1v) is 11.3. The van der Waals surface area contributed by atoms with Gasteiger partial charge in [-0.15, -0.1) is 0 Å². The molecule has 0 bridgehead atoms. The van der Waals surface area contributed by atoms with E-state index in [0.717, 1.165) is 57.2 Å². The lowest BCUT2D eigenvalue weighted by atomic mass is 10.1. The SMILES string of the molecule is CCNC(=NCc1cccc(C(=O)NCCN(C)C)c1)N1CCOC(C2CCCO2)C1. The Kier molecular flexibility index (Phi) is 9.12. The topological polar surface area (TPSA) is 78.4 Å². The van der Waals surface area contributed by atoms with Gasteiger partial charge in [0.1, 0.15) is 6.10 Å². The minimum Gasteiger partial charge on any atom is -0.375 e. The highest BCUT2D eigenvalue weighted by Crippen LogP contribution is 2.21. The summed E-state index contributed by atoms with van der Waals surface area (Å²) in [7, 11) is 3.98. The molecule has 2 heterocycles. The molecule has 0 saturated carbocycles. The van der Waals surface area contributed by atoms with E-state index in [1.165, 1.54) is 0 Å². The Morgan fingerprint density at radius 1 is 1.23 bits per heavy atom. The lowest BCUT2D eigenvalue weighted by molar-refractivity contribution is -0.0817. The van der Waals surface area contributed by atoms with Crippen molar-refractivity contribution in [3.63, 3.8) is 0 Å². The van der Waals surface area contributed by atoms with Crippen molar-refractivity contribution in [3.05, 3.63) is 35.4 Å². The highest BCUT2D eigenvalue weighted by molar-refractivity contribution is 5.94. The van der Waals surface area contributed by atoms with Gasteiger partial charge in [0, 0.05) is 44.9 Å². The van der Waals surface area contributed by atoms with Crippen LogP contribution in [0.25, 0.3) is 0 Å². The fourth-order valence-electron chi connectivity index (χ4n) is 3.89. The van der Waals surface area contributed by atoms with Gasteiger partial charge in [-0.1, -0.05) is 12.1 Å². The van der Waals surface area contributed by atoms with Gasteiger partial charge >= 0.3 is 0 Å². The minimum absolute atomic E-state index is 0.0489. The minimum atomic E-state index is -0.0489. The van der Waals surface area contributed by atoms with Gasteiger partial charge in [0.15, 0.2) is 5.96 Å². The van der Waals surface area contributed by atoms with Crippen molar-refractivity contribution in [2.75, 3.05) is 60.0 Å². The number of ether oxygens (including phenoxy) is 2. The van der Waals surface area contributed by atoms with Crippen molar-refractivity contribution in [2.45, 2.75) is 38.5 Å². The largest absolute Gasteiger partial charge is 0.375 e. The normalized spacial score (nSPS) is 22.1. The van der Waals surface area contributed by atoms with Gasteiger partial charge in [-0.3, -0.25) is 4.79 Å². The molecule has 3 rings (SSSR count). The van der Waals surface area contributed by atoms with Gasteiger partial charge in [0.25, 0.3) is 5.91 Å². The number of nitrogens with zero attached hydrogens (tertiary/aromatic N) is 3. The Morgan fingerprint density at radius 2 is 2.06 bits per heavy atom. The molecule has 2 saturated heterocycles. The van der Waals surface area contributed by atoms with Crippen molar-refractivity contribution < 1.29 is 14.3 Å². The fraction of sp³-hybridized carbons (Fsp3) is 0.652. The average molecular weight is 432 g/mol. The predicted molar refractivity (Wildman–Crippen MR) is 122 cm³/mol. The third-order valence-electron chi connectivity index (χ3n) is 5.55. The van der Waals surface area contributed by atoms with Crippen molar-refractivity contribution in [1.29, 1.82) is 0 Å². The number of benzene rings is 1. The average Bonchev–Trinajstić information content (AvgIpc) is 3.32. The van der Waals surface area contributed by atoms with Gasteiger partial charge in [0.2, 0.25) is 0 Å². The molecule has 2 fully saturated rings. The van der Waals surface area contributed by atoms with Crippen LogP contribution in [0, 0.1) is 0 Å². The maximum Gasteiger partial charge on any atom is 0.251 e. The number of likely N-dealkylation sites (N-methyl/N-ethyl adjacent to an activating group) is 1. The number of rotatable bonds is 8. The Labute approximate surface area is 186 Å². The zero-order valence-corrected chi connectivity index (χ0v) is 19.1. The van der Waals surface area contributed by atoms with E-state index in [0.29, 0.717) is 25.3 Å². The summed E-state index contributed by atoms with van der Waals surface area (Å²) in [5.74, 6) is 0.835. The van der Waals surface area contributed by atoms with Crippen LogP contribution in [-0.2, 0) is 16.0 Å². The first-order chi connectivity index (χ1) is 15.1. The molecule has 0 aliphatic carbocycles. The molecule has 31 heavy (non-hydrogen) atoms. The van der Waals surface area contributed by atoms with Crippen LogP contribution in [0.4, 0.5) is 0 Å². The van der Waals surface area contributed by atoms with E-state index in [-0.39, 0.29) is 18.1 Å². The molecular formula is C23H37N5O3. The van der Waals surface area contributed by atoms with Crippen molar-refractivity contribution >= 4 is 11.9 Å². The number of carbonyl (C=O) groups is 1. The zero-order valence-electron chi connectivity index (χ0n) is 19.1. The van der Waals surface area contributed by atoms with E-state index < -0.39 is 0 Å². The molecule has 2 N–H and O–H groups in total. The molecule has 8 heteroatoms. The molecule has 2 unspecified atom stereocenters. The van der Waals surface area contributed by atoms with E-state index in [9.17, 15) is 4.79 Å². The van der Waals surface area contributed by atoms with Gasteiger partial charge in [0.05, 0.1) is 19.3 Å². The summed E-state index contributed by atoms with van der Waals surface area (Å²) in [6, 6.07) is 7.70. The van der Waals surface area contributed by atoms with E-state index in [1.54, 1.807) is 0 Å². The summed E-state index contributed by atoms with van der Waals surface area (Å²) < 4.78 is 11.8. The molecule has 1 aromatic carbocycles. The van der Waals surface area contributed by atoms with Crippen LogP contribution in [-0.4, -0.2) is 93.9 Å². The van der Waals surface area contributed by atoms with E-state index >= 15 is 0 Å². The summed E-state index contributed by atoms with van der Waals surface area (Å²) in [5.41, 5.74) is 1.68. The van der Waals surface area contributed by atoms with Crippen LogP contribution in [0.3, 0.4) is 0 Å². The number of carbonyl (C=O) groups excluding carboxylic acids is 1. The number of hydrogen-bond donors (Lipinski definition) is 2. The highest BCUT2D eigenvalue weighted by Gasteiger charge is 2.32. The zero-order chi connectivity index (χ0) is 22.1. The summed E-state index contributed by atoms with van der Waals surface area (Å²) in [6.45, 7) is 7.93. The molecule has 8 nitrogen and oxygen atoms in total. The number of amides is 1. The second-order valence-corrected chi connectivity index (χ2v) is 8.34. The Morgan fingerprint density at radius 3 is 2.81 bits per heavy atom. The van der Waals surface area contributed by atoms with Crippen LogP contribution in [0.5, 0.6) is 0 Å². The summed E-state index contributed by atoms with van der Waals surface area (Å²) in [4.78, 5) is 21.6. The number of aliphatic imine (C=N–C) groups is 1. The number of hydrogen-bond acceptors (Lipinski definition) is 5. The van der Waals surface area contributed by atoms with Crippen LogP contribution in [0.15, 0.2) is 29.3 Å². The van der Waals surface area contributed by atoms with Gasteiger partial charge in [-0.25, -0.2) is 4.99 Å². The maximum atomic E-state index is 12.4. The molecule has 1 amide bonds. The smallest absolute Gasteiger partial charge is 0.251 e. The molecule has 2 atom stereocenters. The summed E-state index contributed by atoms with van der Waals surface area (Å²) in [6.07, 6.45) is 2.45. The van der Waals surface area contributed by atoms with Gasteiger partial charge in [-0.2, -0.15) is 0 Å². The third kappa shape index (κ3) is 7.19. The van der Waals surface area contributed by atoms with Crippen molar-refractivity contribution in [2.24, 2.45) is 4.99 Å². The Bertz CT molecular complexity index is 734. The summed E-state index contributed by atoms with van der Waals surface area (Å²) in [5, 5.41) is 6.37. The second kappa shape index (κ2) is 12.0. The molecule has 172 valence electrons.